The largest absolute Gasteiger partial charge is 0.463 e. The van der Waals surface area contributed by atoms with E-state index in [0.717, 1.165) is 13.0 Å². The number of ether oxygens (including phenoxy) is 1. The minimum Gasteiger partial charge on any atom is -0.463 e. The molecule has 0 unspecified atom stereocenters. The third kappa shape index (κ3) is 7.27. The standard InChI is InChI=1S/C27H36Cl2N4O4/c1-5-10-33-22(17-31-11-7-12-32(14-13-31)23(34)15-18(3)4)24(26(35)37-6-2)25(30-27(33)36)20-9-8-19(28)16-21(20)29/h5,8-9,16,18,25H,1,6-7,10-15,17H2,2-4H3,(H,30,36)/t25-/m1/s1. The molecule has 2 heterocycles. The van der Waals surface area contributed by atoms with Gasteiger partial charge in [-0.05, 0) is 37.0 Å². The van der Waals surface area contributed by atoms with Crippen LogP contribution in [-0.2, 0) is 14.3 Å². The van der Waals surface area contributed by atoms with E-state index in [1.54, 1.807) is 31.2 Å². The number of nitrogens with one attached hydrogen (secondary N) is 1. The molecular formula is C27H36Cl2N4O4. The fourth-order valence-electron chi connectivity index (χ4n) is 4.68. The van der Waals surface area contributed by atoms with Crippen LogP contribution in [0.4, 0.5) is 4.79 Å². The van der Waals surface area contributed by atoms with Gasteiger partial charge in [-0.25, -0.2) is 9.59 Å². The molecule has 0 saturated carbocycles. The van der Waals surface area contributed by atoms with Crippen molar-refractivity contribution >= 4 is 41.1 Å². The van der Waals surface area contributed by atoms with Crippen LogP contribution in [0.25, 0.3) is 0 Å². The van der Waals surface area contributed by atoms with Crippen molar-refractivity contribution in [1.82, 2.24) is 20.0 Å². The van der Waals surface area contributed by atoms with E-state index in [0.29, 0.717) is 65.4 Å². The number of carbonyl (C=O) groups is 3. The first-order valence-corrected chi connectivity index (χ1v) is 13.5. The van der Waals surface area contributed by atoms with Crippen molar-refractivity contribution in [3.63, 3.8) is 0 Å². The van der Waals surface area contributed by atoms with Crippen LogP contribution in [0, 0.1) is 5.92 Å². The highest BCUT2D eigenvalue weighted by atomic mass is 35.5. The zero-order valence-electron chi connectivity index (χ0n) is 21.8. The number of rotatable bonds is 9. The smallest absolute Gasteiger partial charge is 0.338 e. The third-order valence-corrected chi connectivity index (χ3v) is 6.98. The van der Waals surface area contributed by atoms with Gasteiger partial charge in [0.15, 0.2) is 0 Å². The molecule has 0 aromatic heterocycles. The van der Waals surface area contributed by atoms with Gasteiger partial charge in [0.25, 0.3) is 0 Å². The van der Waals surface area contributed by atoms with E-state index in [4.69, 9.17) is 27.9 Å². The van der Waals surface area contributed by atoms with Gasteiger partial charge >= 0.3 is 12.0 Å². The Morgan fingerprint density at radius 1 is 1.22 bits per heavy atom. The fourth-order valence-corrected chi connectivity index (χ4v) is 5.20. The Morgan fingerprint density at radius 2 is 1.97 bits per heavy atom. The summed E-state index contributed by atoms with van der Waals surface area (Å²) >= 11 is 12.6. The van der Waals surface area contributed by atoms with E-state index in [-0.39, 0.29) is 25.1 Å². The topological polar surface area (TPSA) is 82.2 Å². The van der Waals surface area contributed by atoms with E-state index >= 15 is 0 Å². The lowest BCUT2D eigenvalue weighted by molar-refractivity contribution is -0.139. The van der Waals surface area contributed by atoms with Crippen LogP contribution in [0.5, 0.6) is 0 Å². The highest BCUT2D eigenvalue weighted by molar-refractivity contribution is 6.35. The average Bonchev–Trinajstić information content (AvgIpc) is 3.06. The Bertz CT molecular complexity index is 1060. The maximum absolute atomic E-state index is 13.4. The molecule has 3 rings (SSSR count). The van der Waals surface area contributed by atoms with Crippen LogP contribution in [-0.4, -0.2) is 78.5 Å². The van der Waals surface area contributed by atoms with Gasteiger partial charge < -0.3 is 15.0 Å². The van der Waals surface area contributed by atoms with Gasteiger partial charge in [0.1, 0.15) is 0 Å². The number of amides is 3. The van der Waals surface area contributed by atoms with Gasteiger partial charge in [-0.15, -0.1) is 6.58 Å². The second-order valence-corrected chi connectivity index (χ2v) is 10.5. The number of hydrogen-bond donors (Lipinski definition) is 1. The van der Waals surface area contributed by atoms with Gasteiger partial charge in [-0.3, -0.25) is 14.6 Å². The number of esters is 1. The summed E-state index contributed by atoms with van der Waals surface area (Å²) in [6.45, 7) is 13.0. The fraction of sp³-hybridized carbons (Fsp3) is 0.519. The predicted molar refractivity (Wildman–Crippen MR) is 145 cm³/mol. The molecule has 202 valence electrons. The molecule has 10 heteroatoms. The first kappa shape index (κ1) is 29.0. The molecule has 1 N–H and O–H groups in total. The molecule has 1 aromatic carbocycles. The molecule has 37 heavy (non-hydrogen) atoms. The molecule has 0 spiro atoms. The van der Waals surface area contributed by atoms with Crippen LogP contribution >= 0.6 is 23.2 Å². The van der Waals surface area contributed by atoms with E-state index in [9.17, 15) is 14.4 Å². The van der Waals surface area contributed by atoms with Crippen LogP contribution in [0.3, 0.4) is 0 Å². The van der Waals surface area contributed by atoms with Crippen molar-refractivity contribution in [1.29, 1.82) is 0 Å². The highest BCUT2D eigenvalue weighted by Gasteiger charge is 2.39. The number of benzene rings is 1. The van der Waals surface area contributed by atoms with E-state index < -0.39 is 12.0 Å². The molecule has 1 saturated heterocycles. The Hall–Kier alpha value is -2.55. The Balaban J connectivity index is 1.99. The molecule has 1 fully saturated rings. The summed E-state index contributed by atoms with van der Waals surface area (Å²) in [6.07, 6.45) is 2.94. The first-order valence-electron chi connectivity index (χ1n) is 12.7. The SMILES string of the molecule is C=CCN1C(=O)N[C@H](c2ccc(Cl)cc2Cl)C(C(=O)OCC)=C1CN1CCCN(C(=O)CC(C)C)CC1. The third-order valence-electron chi connectivity index (χ3n) is 6.42. The Labute approximate surface area is 229 Å². The number of halogens is 2. The van der Waals surface area contributed by atoms with Gasteiger partial charge in [0.2, 0.25) is 5.91 Å². The molecule has 1 atom stereocenters. The lowest BCUT2D eigenvalue weighted by Crippen LogP contribution is -2.51. The molecule has 3 amide bonds. The van der Waals surface area contributed by atoms with Crippen LogP contribution in [0.15, 0.2) is 42.1 Å². The van der Waals surface area contributed by atoms with Gasteiger partial charge in [0.05, 0.1) is 18.2 Å². The second-order valence-electron chi connectivity index (χ2n) is 9.64. The van der Waals surface area contributed by atoms with Crippen molar-refractivity contribution in [2.45, 2.75) is 39.7 Å². The molecule has 0 radical (unpaired) electrons. The molecular weight excluding hydrogens is 515 g/mol. The Morgan fingerprint density at radius 3 is 2.62 bits per heavy atom. The normalized spacial score (nSPS) is 19.1. The maximum Gasteiger partial charge on any atom is 0.338 e. The number of urea groups is 1. The first-order chi connectivity index (χ1) is 17.7. The van der Waals surface area contributed by atoms with E-state index in [1.165, 1.54) is 4.90 Å². The average molecular weight is 552 g/mol. The number of carbonyl (C=O) groups excluding carboxylic acids is 3. The quantitative estimate of drug-likeness (QED) is 0.357. The van der Waals surface area contributed by atoms with Crippen molar-refractivity contribution in [2.24, 2.45) is 5.92 Å². The molecule has 0 bridgehead atoms. The minimum absolute atomic E-state index is 0.158. The molecule has 2 aliphatic heterocycles. The monoisotopic (exact) mass is 550 g/mol. The molecule has 8 nitrogen and oxygen atoms in total. The predicted octanol–water partition coefficient (Wildman–Crippen LogP) is 4.64. The number of nitrogens with zero attached hydrogens (tertiary/aromatic N) is 3. The van der Waals surface area contributed by atoms with Gasteiger partial charge in [-0.2, -0.15) is 0 Å². The molecule has 0 aliphatic carbocycles. The second kappa shape index (κ2) is 13.3. The molecule has 1 aromatic rings. The zero-order chi connectivity index (χ0) is 27.1. The minimum atomic E-state index is -0.802. The van der Waals surface area contributed by atoms with Crippen molar-refractivity contribution in [2.75, 3.05) is 45.9 Å². The summed E-state index contributed by atoms with van der Waals surface area (Å²) in [7, 11) is 0. The van der Waals surface area contributed by atoms with E-state index in [1.807, 2.05) is 18.7 Å². The summed E-state index contributed by atoms with van der Waals surface area (Å²) < 4.78 is 5.45. The van der Waals surface area contributed by atoms with E-state index in [2.05, 4.69) is 16.8 Å². The van der Waals surface area contributed by atoms with Crippen LogP contribution in [0.2, 0.25) is 10.0 Å². The summed E-state index contributed by atoms with van der Waals surface area (Å²) in [5, 5.41) is 3.71. The van der Waals surface area contributed by atoms with Crippen molar-refractivity contribution in [3.8, 4) is 0 Å². The van der Waals surface area contributed by atoms with Crippen molar-refractivity contribution in [3.05, 3.63) is 57.7 Å². The highest BCUT2D eigenvalue weighted by Crippen LogP contribution is 2.36. The van der Waals surface area contributed by atoms with Crippen molar-refractivity contribution < 1.29 is 19.1 Å². The van der Waals surface area contributed by atoms with Crippen LogP contribution < -0.4 is 5.32 Å². The Kier molecular flexibility index (Phi) is 10.4. The molecule has 2 aliphatic rings. The summed E-state index contributed by atoms with van der Waals surface area (Å²) in [5.74, 6) is -0.0637. The lowest BCUT2D eigenvalue weighted by atomic mass is 9.94. The summed E-state index contributed by atoms with van der Waals surface area (Å²) in [5.41, 5.74) is 1.42. The number of hydrogen-bond acceptors (Lipinski definition) is 5. The maximum atomic E-state index is 13.4. The van der Waals surface area contributed by atoms with Crippen LogP contribution in [0.1, 0.15) is 45.2 Å². The van der Waals surface area contributed by atoms with Gasteiger partial charge in [0, 0.05) is 61.4 Å². The zero-order valence-corrected chi connectivity index (χ0v) is 23.3. The van der Waals surface area contributed by atoms with Gasteiger partial charge in [-0.1, -0.05) is 49.2 Å². The summed E-state index contributed by atoms with van der Waals surface area (Å²) in [4.78, 5) is 44.9. The summed E-state index contributed by atoms with van der Waals surface area (Å²) in [6, 6.07) is 3.80. The lowest BCUT2D eigenvalue weighted by Gasteiger charge is -2.38.